The first kappa shape index (κ1) is 16.5. The topological polar surface area (TPSA) is 47.6 Å². The predicted octanol–water partition coefficient (Wildman–Crippen LogP) is 4.41. The zero-order valence-electron chi connectivity index (χ0n) is 11.9. The average Bonchev–Trinajstić information content (AvgIpc) is 2.50. The third kappa shape index (κ3) is 4.83. The second kappa shape index (κ2) is 7.92. The fourth-order valence-electron chi connectivity index (χ4n) is 1.72. The van der Waals surface area contributed by atoms with Crippen LogP contribution in [0.2, 0.25) is 10.0 Å². The van der Waals surface area contributed by atoms with E-state index in [9.17, 15) is 4.79 Å². The van der Waals surface area contributed by atoms with Crippen molar-refractivity contribution in [1.82, 2.24) is 0 Å². The van der Waals surface area contributed by atoms with Crippen molar-refractivity contribution in [3.8, 4) is 11.5 Å². The van der Waals surface area contributed by atoms with Crippen LogP contribution in [-0.4, -0.2) is 19.1 Å². The van der Waals surface area contributed by atoms with Crippen molar-refractivity contribution in [2.24, 2.45) is 0 Å². The fourth-order valence-corrected chi connectivity index (χ4v) is 2.18. The maximum atomic E-state index is 11.8. The average molecular weight is 340 g/mol. The lowest BCUT2D eigenvalue weighted by Gasteiger charge is -2.09. The molecule has 0 unspecified atom stereocenters. The summed E-state index contributed by atoms with van der Waals surface area (Å²) in [6.07, 6.45) is 0. The van der Waals surface area contributed by atoms with E-state index in [1.165, 1.54) is 0 Å². The van der Waals surface area contributed by atoms with Gasteiger partial charge in [-0.3, -0.25) is 4.79 Å². The second-order valence-corrected chi connectivity index (χ2v) is 5.21. The second-order valence-electron chi connectivity index (χ2n) is 4.37. The summed E-state index contributed by atoms with van der Waals surface area (Å²) >= 11 is 11.8. The largest absolute Gasteiger partial charge is 0.494 e. The Morgan fingerprint density at radius 1 is 1.05 bits per heavy atom. The Balaban J connectivity index is 1.87. The van der Waals surface area contributed by atoms with Crippen LogP contribution in [0.5, 0.6) is 11.5 Å². The number of benzene rings is 2. The summed E-state index contributed by atoms with van der Waals surface area (Å²) in [5.41, 5.74) is 0.492. The van der Waals surface area contributed by atoms with Crippen LogP contribution >= 0.6 is 23.2 Å². The van der Waals surface area contributed by atoms with Gasteiger partial charge in [0.05, 0.1) is 17.3 Å². The molecule has 0 aliphatic rings. The molecule has 0 aromatic heterocycles. The normalized spacial score (nSPS) is 10.1. The van der Waals surface area contributed by atoms with Gasteiger partial charge in [0.2, 0.25) is 0 Å². The molecule has 4 nitrogen and oxygen atoms in total. The lowest BCUT2D eigenvalue weighted by atomic mass is 10.3. The van der Waals surface area contributed by atoms with Gasteiger partial charge in [0.25, 0.3) is 5.91 Å². The molecule has 22 heavy (non-hydrogen) atoms. The first-order valence-electron chi connectivity index (χ1n) is 6.69. The quantitative estimate of drug-likeness (QED) is 0.847. The van der Waals surface area contributed by atoms with Crippen molar-refractivity contribution in [3.05, 3.63) is 52.5 Å². The molecule has 0 fully saturated rings. The first-order valence-corrected chi connectivity index (χ1v) is 7.44. The van der Waals surface area contributed by atoms with Gasteiger partial charge in [0, 0.05) is 5.02 Å². The van der Waals surface area contributed by atoms with Crippen LogP contribution in [0.15, 0.2) is 42.5 Å². The smallest absolute Gasteiger partial charge is 0.262 e. The van der Waals surface area contributed by atoms with E-state index < -0.39 is 0 Å². The summed E-state index contributed by atoms with van der Waals surface area (Å²) in [5, 5.41) is 3.54. The first-order chi connectivity index (χ1) is 10.6. The van der Waals surface area contributed by atoms with Crippen molar-refractivity contribution in [2.75, 3.05) is 18.5 Å². The number of carbonyl (C=O) groups excluding carboxylic acids is 1. The number of amides is 1. The Kier molecular flexibility index (Phi) is 5.92. The molecule has 2 rings (SSSR count). The molecule has 2 aromatic carbocycles. The van der Waals surface area contributed by atoms with Gasteiger partial charge in [-0.1, -0.05) is 23.2 Å². The summed E-state index contributed by atoms with van der Waals surface area (Å²) in [6.45, 7) is 2.40. The van der Waals surface area contributed by atoms with Crippen LogP contribution in [0.3, 0.4) is 0 Å². The number of hydrogen-bond donors (Lipinski definition) is 1. The zero-order chi connectivity index (χ0) is 15.9. The van der Waals surface area contributed by atoms with Crippen LogP contribution in [0.1, 0.15) is 6.92 Å². The molecule has 0 aliphatic heterocycles. The van der Waals surface area contributed by atoms with Crippen molar-refractivity contribution in [3.63, 3.8) is 0 Å². The van der Waals surface area contributed by atoms with Crippen LogP contribution < -0.4 is 14.8 Å². The van der Waals surface area contributed by atoms with E-state index in [-0.39, 0.29) is 12.5 Å². The maximum absolute atomic E-state index is 11.8. The van der Waals surface area contributed by atoms with Gasteiger partial charge in [0.1, 0.15) is 11.5 Å². The monoisotopic (exact) mass is 339 g/mol. The van der Waals surface area contributed by atoms with Gasteiger partial charge >= 0.3 is 0 Å². The van der Waals surface area contributed by atoms with E-state index in [1.807, 2.05) is 6.92 Å². The van der Waals surface area contributed by atoms with Crippen molar-refractivity contribution in [2.45, 2.75) is 6.92 Å². The molecule has 1 N–H and O–H groups in total. The molecule has 0 radical (unpaired) electrons. The van der Waals surface area contributed by atoms with Crippen LogP contribution in [0.25, 0.3) is 0 Å². The number of anilines is 1. The molecule has 0 saturated carbocycles. The van der Waals surface area contributed by atoms with Crippen LogP contribution in [0, 0.1) is 0 Å². The molecule has 2 aromatic rings. The van der Waals surface area contributed by atoms with Gasteiger partial charge < -0.3 is 14.8 Å². The molecular formula is C16H15Cl2NO3. The Hall–Kier alpha value is -1.91. The molecule has 0 atom stereocenters. The highest BCUT2D eigenvalue weighted by molar-refractivity contribution is 6.36. The summed E-state index contributed by atoms with van der Waals surface area (Å²) in [4.78, 5) is 11.8. The maximum Gasteiger partial charge on any atom is 0.262 e. The molecule has 0 bridgehead atoms. The SMILES string of the molecule is CCOc1ccc(OCC(=O)Nc2ccc(Cl)cc2Cl)cc1. The van der Waals surface area contributed by atoms with E-state index in [1.54, 1.807) is 42.5 Å². The predicted molar refractivity (Wildman–Crippen MR) is 88.2 cm³/mol. The van der Waals surface area contributed by atoms with E-state index in [4.69, 9.17) is 32.7 Å². The highest BCUT2D eigenvalue weighted by atomic mass is 35.5. The molecular weight excluding hydrogens is 325 g/mol. The minimum atomic E-state index is -0.307. The van der Waals surface area contributed by atoms with E-state index in [0.29, 0.717) is 28.1 Å². The minimum absolute atomic E-state index is 0.118. The van der Waals surface area contributed by atoms with Crippen molar-refractivity contribution in [1.29, 1.82) is 0 Å². The summed E-state index contributed by atoms with van der Waals surface area (Å²) in [6, 6.07) is 11.9. The molecule has 0 heterocycles. The van der Waals surface area contributed by atoms with Gasteiger partial charge in [0.15, 0.2) is 6.61 Å². The van der Waals surface area contributed by atoms with Crippen molar-refractivity contribution < 1.29 is 14.3 Å². The Bertz CT molecular complexity index is 644. The minimum Gasteiger partial charge on any atom is -0.494 e. The Labute approximate surface area is 138 Å². The molecule has 1 amide bonds. The van der Waals surface area contributed by atoms with Gasteiger partial charge in [-0.2, -0.15) is 0 Å². The van der Waals surface area contributed by atoms with E-state index in [0.717, 1.165) is 5.75 Å². The number of halogens is 2. The Morgan fingerprint density at radius 2 is 1.68 bits per heavy atom. The lowest BCUT2D eigenvalue weighted by molar-refractivity contribution is -0.118. The molecule has 0 spiro atoms. The summed E-state index contributed by atoms with van der Waals surface area (Å²) in [7, 11) is 0. The number of carbonyl (C=O) groups is 1. The van der Waals surface area contributed by atoms with Crippen LogP contribution in [0.4, 0.5) is 5.69 Å². The third-order valence-electron chi connectivity index (χ3n) is 2.71. The molecule has 6 heteroatoms. The number of rotatable bonds is 6. The van der Waals surface area contributed by atoms with Gasteiger partial charge in [-0.25, -0.2) is 0 Å². The van der Waals surface area contributed by atoms with E-state index in [2.05, 4.69) is 5.32 Å². The lowest BCUT2D eigenvalue weighted by Crippen LogP contribution is -2.20. The third-order valence-corrected chi connectivity index (χ3v) is 3.26. The number of hydrogen-bond acceptors (Lipinski definition) is 3. The molecule has 116 valence electrons. The van der Waals surface area contributed by atoms with Gasteiger partial charge in [-0.15, -0.1) is 0 Å². The fraction of sp³-hybridized carbons (Fsp3) is 0.188. The van der Waals surface area contributed by atoms with Crippen LogP contribution in [-0.2, 0) is 4.79 Å². The van der Waals surface area contributed by atoms with Gasteiger partial charge in [-0.05, 0) is 49.4 Å². The standard InChI is InChI=1S/C16H15Cl2NO3/c1-2-21-12-4-6-13(7-5-12)22-10-16(20)19-15-8-3-11(17)9-14(15)18/h3-9H,2,10H2,1H3,(H,19,20). The number of nitrogens with one attached hydrogen (secondary N) is 1. The zero-order valence-corrected chi connectivity index (χ0v) is 13.4. The molecule has 0 saturated heterocycles. The summed E-state index contributed by atoms with van der Waals surface area (Å²) in [5.74, 6) is 1.03. The highest BCUT2D eigenvalue weighted by Gasteiger charge is 2.07. The highest BCUT2D eigenvalue weighted by Crippen LogP contribution is 2.25. The molecule has 0 aliphatic carbocycles. The number of ether oxygens (including phenoxy) is 2. The van der Waals surface area contributed by atoms with E-state index >= 15 is 0 Å². The summed E-state index contributed by atoms with van der Waals surface area (Å²) < 4.78 is 10.7. The van der Waals surface area contributed by atoms with Crippen molar-refractivity contribution >= 4 is 34.8 Å². The Morgan fingerprint density at radius 3 is 2.27 bits per heavy atom.